The topological polar surface area (TPSA) is 69.0 Å². The third-order valence-corrected chi connectivity index (χ3v) is 7.79. The third kappa shape index (κ3) is 6.45. The molecule has 1 amide bonds. The van der Waals surface area contributed by atoms with Crippen molar-refractivity contribution in [2.24, 2.45) is 10.9 Å². The van der Waals surface area contributed by atoms with Crippen molar-refractivity contribution in [1.29, 1.82) is 0 Å². The fraction of sp³-hybridized carbons (Fsp3) is 0.387. The number of benzene rings is 2. The number of para-hydroxylation sites is 1. The van der Waals surface area contributed by atoms with E-state index in [1.807, 2.05) is 73.3 Å². The Labute approximate surface area is 234 Å². The van der Waals surface area contributed by atoms with Gasteiger partial charge in [-0.25, -0.2) is 4.68 Å². The van der Waals surface area contributed by atoms with Crippen molar-refractivity contribution in [2.75, 3.05) is 19.7 Å². The van der Waals surface area contributed by atoms with Crippen LogP contribution in [0.2, 0.25) is 0 Å². The van der Waals surface area contributed by atoms with E-state index < -0.39 is 0 Å². The van der Waals surface area contributed by atoms with Crippen molar-refractivity contribution in [2.45, 2.75) is 53.2 Å². The number of morpholine rings is 1. The van der Waals surface area contributed by atoms with Crippen LogP contribution in [0.5, 0.6) is 5.75 Å². The molecule has 2 atom stereocenters. The number of aryl methyl sites for hydroxylation is 1. The second kappa shape index (κ2) is 11.8. The van der Waals surface area contributed by atoms with E-state index in [1.165, 1.54) is 11.8 Å². The summed E-state index contributed by atoms with van der Waals surface area (Å²) in [6.45, 7) is 12.7. The van der Waals surface area contributed by atoms with Gasteiger partial charge in [0.1, 0.15) is 11.4 Å². The molecule has 0 radical (unpaired) electrons. The predicted molar refractivity (Wildman–Crippen MR) is 158 cm³/mol. The van der Waals surface area contributed by atoms with Gasteiger partial charge >= 0.3 is 0 Å². The zero-order valence-corrected chi connectivity index (χ0v) is 24.1. The van der Waals surface area contributed by atoms with Crippen molar-refractivity contribution in [1.82, 2.24) is 14.7 Å². The molecule has 1 fully saturated rings. The molecule has 39 heavy (non-hydrogen) atoms. The number of ether oxygens (including phenoxy) is 2. The Hall–Kier alpha value is -3.36. The predicted octanol–water partition coefficient (Wildman–Crippen LogP) is 6.35. The molecule has 1 aromatic heterocycles. The Bertz CT molecular complexity index is 1390. The molecule has 8 heteroatoms. The van der Waals surface area contributed by atoms with Crippen LogP contribution >= 0.6 is 11.8 Å². The van der Waals surface area contributed by atoms with Crippen molar-refractivity contribution < 1.29 is 14.3 Å². The molecule has 204 valence electrons. The van der Waals surface area contributed by atoms with E-state index in [-0.39, 0.29) is 18.1 Å². The molecule has 0 N–H and O–H groups in total. The van der Waals surface area contributed by atoms with E-state index in [4.69, 9.17) is 14.6 Å². The molecule has 1 saturated heterocycles. The lowest BCUT2D eigenvalue weighted by Gasteiger charge is -2.35. The van der Waals surface area contributed by atoms with Crippen LogP contribution in [0.3, 0.4) is 0 Å². The first-order chi connectivity index (χ1) is 18.8. The van der Waals surface area contributed by atoms with Crippen molar-refractivity contribution in [3.05, 3.63) is 70.8 Å². The number of rotatable bonds is 7. The highest BCUT2D eigenvalue weighted by molar-refractivity contribution is 8.18. The number of carbonyl (C=O) groups excluding carboxylic acids is 1. The molecule has 0 unspecified atom stereocenters. The quantitative estimate of drug-likeness (QED) is 0.323. The van der Waals surface area contributed by atoms with Crippen LogP contribution in [0.4, 0.5) is 0 Å². The summed E-state index contributed by atoms with van der Waals surface area (Å²) >= 11 is 1.42. The number of aliphatic imine (C=N–C) groups is 1. The summed E-state index contributed by atoms with van der Waals surface area (Å²) in [6, 6.07) is 16.2. The fourth-order valence-electron chi connectivity index (χ4n) is 4.80. The van der Waals surface area contributed by atoms with Gasteiger partial charge in [-0.3, -0.25) is 4.79 Å². The number of amidine groups is 1. The maximum Gasteiger partial charge on any atom is 0.286 e. The second-order valence-corrected chi connectivity index (χ2v) is 11.7. The molecular weight excluding hydrogens is 508 g/mol. The number of thioether (sulfide) groups is 1. The van der Waals surface area contributed by atoms with E-state index in [0.717, 1.165) is 58.5 Å². The summed E-state index contributed by atoms with van der Waals surface area (Å²) in [5.41, 5.74) is 4.64. The van der Waals surface area contributed by atoms with E-state index >= 15 is 0 Å². The molecule has 3 aromatic rings. The smallest absolute Gasteiger partial charge is 0.286 e. The van der Waals surface area contributed by atoms with Gasteiger partial charge in [0.2, 0.25) is 0 Å². The molecule has 0 bridgehead atoms. The minimum atomic E-state index is -0.217. The van der Waals surface area contributed by atoms with Gasteiger partial charge in [0.15, 0.2) is 5.17 Å². The Morgan fingerprint density at radius 3 is 2.56 bits per heavy atom. The number of carbonyl (C=O) groups is 1. The first-order valence-electron chi connectivity index (χ1n) is 13.6. The summed E-state index contributed by atoms with van der Waals surface area (Å²) in [4.78, 5) is 20.1. The zero-order chi connectivity index (χ0) is 27.5. The fourth-order valence-corrected chi connectivity index (χ4v) is 5.72. The van der Waals surface area contributed by atoms with Gasteiger partial charge in [-0.1, -0.05) is 32.0 Å². The van der Waals surface area contributed by atoms with Crippen molar-refractivity contribution >= 4 is 28.9 Å². The summed E-state index contributed by atoms with van der Waals surface area (Å²) in [5.74, 6) is 1.26. The Balaban J connectivity index is 1.45. The Kier molecular flexibility index (Phi) is 8.23. The number of amides is 1. The van der Waals surface area contributed by atoms with Crippen LogP contribution in [0.15, 0.2) is 64.6 Å². The van der Waals surface area contributed by atoms with Crippen LogP contribution in [0.25, 0.3) is 23.0 Å². The third-order valence-electron chi connectivity index (χ3n) is 6.75. The van der Waals surface area contributed by atoms with Gasteiger partial charge in [0, 0.05) is 30.4 Å². The summed E-state index contributed by atoms with van der Waals surface area (Å²) in [6.07, 6.45) is 5.09. The van der Waals surface area contributed by atoms with E-state index in [1.54, 1.807) is 0 Å². The highest BCUT2D eigenvalue weighted by atomic mass is 32.2. The highest BCUT2D eigenvalue weighted by Crippen LogP contribution is 2.35. The molecule has 2 aliphatic heterocycles. The first-order valence-corrected chi connectivity index (χ1v) is 14.4. The van der Waals surface area contributed by atoms with Gasteiger partial charge in [-0.2, -0.15) is 10.1 Å². The Morgan fingerprint density at radius 1 is 1.13 bits per heavy atom. The monoisotopic (exact) mass is 544 g/mol. The molecule has 7 nitrogen and oxygen atoms in total. The lowest BCUT2D eigenvalue weighted by Crippen LogP contribution is -2.47. The number of nitrogens with zero attached hydrogens (tertiary/aromatic N) is 4. The molecule has 2 aliphatic rings. The standard InChI is InChI=1S/C31H36N4O3S/c1-20(2)13-14-37-27-12-11-24(15-21(27)3)29-25(19-35(33-29)26-9-7-6-8-10-26)16-28-30(36)32-31(39-28)34-17-22(4)38-23(5)18-34/h6-12,15-16,19-20,22-23H,13-14,17-18H2,1-5H3/b28-16+/t22-,23-/m1/s1. The maximum atomic E-state index is 13.0. The minimum Gasteiger partial charge on any atom is -0.493 e. The lowest BCUT2D eigenvalue weighted by atomic mass is 10.0. The first kappa shape index (κ1) is 27.2. The molecule has 2 aromatic carbocycles. The van der Waals surface area contributed by atoms with E-state index in [9.17, 15) is 4.79 Å². The lowest BCUT2D eigenvalue weighted by molar-refractivity contribution is -0.113. The molecule has 5 rings (SSSR count). The van der Waals surface area contributed by atoms with Crippen LogP contribution in [-0.2, 0) is 9.53 Å². The zero-order valence-electron chi connectivity index (χ0n) is 23.3. The van der Waals surface area contributed by atoms with Gasteiger partial charge in [-0.15, -0.1) is 0 Å². The Morgan fingerprint density at radius 2 is 1.87 bits per heavy atom. The van der Waals surface area contributed by atoms with Crippen LogP contribution in [0, 0.1) is 12.8 Å². The van der Waals surface area contributed by atoms with Gasteiger partial charge in [-0.05, 0) is 86.8 Å². The maximum absolute atomic E-state index is 13.0. The summed E-state index contributed by atoms with van der Waals surface area (Å²) < 4.78 is 13.8. The van der Waals surface area contributed by atoms with Crippen LogP contribution < -0.4 is 4.74 Å². The van der Waals surface area contributed by atoms with Crippen LogP contribution in [0.1, 0.15) is 45.2 Å². The van der Waals surface area contributed by atoms with E-state index in [0.29, 0.717) is 17.4 Å². The average Bonchev–Trinajstić information content (AvgIpc) is 3.49. The molecule has 0 aliphatic carbocycles. The summed E-state index contributed by atoms with van der Waals surface area (Å²) in [5, 5.41) is 5.69. The van der Waals surface area contributed by atoms with Gasteiger partial charge in [0.25, 0.3) is 5.91 Å². The largest absolute Gasteiger partial charge is 0.493 e. The van der Waals surface area contributed by atoms with E-state index in [2.05, 4.69) is 36.7 Å². The number of hydrogen-bond donors (Lipinski definition) is 0. The summed E-state index contributed by atoms with van der Waals surface area (Å²) in [7, 11) is 0. The molecular formula is C31H36N4O3S. The number of hydrogen-bond acceptors (Lipinski definition) is 6. The molecule has 0 saturated carbocycles. The highest BCUT2D eigenvalue weighted by Gasteiger charge is 2.31. The SMILES string of the molecule is Cc1cc(-c2nn(-c3ccccc3)cc2/C=C2/SC(N3C[C@@H](C)O[C@H](C)C3)=NC2=O)ccc1OCCC(C)C. The second-order valence-electron chi connectivity index (χ2n) is 10.7. The normalized spacial score (nSPS) is 20.7. The molecule has 0 spiro atoms. The van der Waals surface area contributed by atoms with Crippen molar-refractivity contribution in [3.8, 4) is 22.7 Å². The molecule has 3 heterocycles. The van der Waals surface area contributed by atoms with Gasteiger partial charge in [0.05, 0.1) is 29.4 Å². The van der Waals surface area contributed by atoms with Gasteiger partial charge < -0.3 is 14.4 Å². The van der Waals surface area contributed by atoms with Crippen molar-refractivity contribution in [3.63, 3.8) is 0 Å². The number of aromatic nitrogens is 2. The minimum absolute atomic E-state index is 0.0939. The average molecular weight is 545 g/mol. The van der Waals surface area contributed by atoms with Crippen LogP contribution in [-0.4, -0.2) is 57.7 Å².